The molecular formula is C18H22N4O4. The van der Waals surface area contributed by atoms with Crippen molar-refractivity contribution in [1.29, 1.82) is 0 Å². The Balaban J connectivity index is 1.75. The van der Waals surface area contributed by atoms with E-state index in [1.54, 1.807) is 17.0 Å². The highest BCUT2D eigenvalue weighted by molar-refractivity contribution is 6.06. The van der Waals surface area contributed by atoms with Crippen LogP contribution >= 0.6 is 0 Å². The van der Waals surface area contributed by atoms with Gasteiger partial charge in [0, 0.05) is 24.2 Å². The minimum absolute atomic E-state index is 0.107. The molecule has 8 nitrogen and oxygen atoms in total. The van der Waals surface area contributed by atoms with E-state index in [4.69, 9.17) is 4.74 Å². The summed E-state index contributed by atoms with van der Waals surface area (Å²) in [7, 11) is 0. The molecule has 2 amide bonds. The first-order chi connectivity index (χ1) is 12.2. The number of ether oxygens (including phenoxy) is 1. The molecule has 26 heavy (non-hydrogen) atoms. The Morgan fingerprint density at radius 2 is 2.04 bits per heavy atom. The largest absolute Gasteiger partial charge is 0.507 e. The first kappa shape index (κ1) is 17.8. The van der Waals surface area contributed by atoms with Crippen molar-refractivity contribution in [1.82, 2.24) is 15.1 Å². The fourth-order valence-corrected chi connectivity index (χ4v) is 2.72. The summed E-state index contributed by atoms with van der Waals surface area (Å²) >= 11 is 0. The van der Waals surface area contributed by atoms with Crippen LogP contribution in [0.5, 0.6) is 5.75 Å². The number of nitrogens with zero attached hydrogens (tertiary/aromatic N) is 2. The zero-order valence-electron chi connectivity index (χ0n) is 15.0. The molecule has 0 fully saturated rings. The summed E-state index contributed by atoms with van der Waals surface area (Å²) in [6, 6.07) is 6.27. The summed E-state index contributed by atoms with van der Waals surface area (Å²) in [6.45, 7) is 6.25. The number of carbonyl (C=O) groups excluding carboxylic acids is 2. The average Bonchev–Trinajstić information content (AvgIpc) is 2.96. The van der Waals surface area contributed by atoms with Gasteiger partial charge < -0.3 is 20.1 Å². The normalized spacial score (nSPS) is 13.9. The van der Waals surface area contributed by atoms with E-state index in [0.29, 0.717) is 18.8 Å². The second-order valence-corrected chi connectivity index (χ2v) is 7.15. The molecule has 0 unspecified atom stereocenters. The van der Waals surface area contributed by atoms with Crippen LogP contribution in [0.1, 0.15) is 42.4 Å². The number of amides is 2. The van der Waals surface area contributed by atoms with Crippen LogP contribution in [0.25, 0.3) is 0 Å². The second-order valence-electron chi connectivity index (χ2n) is 7.15. The number of phenolic OH excluding ortho intramolecular Hbond substituents is 1. The van der Waals surface area contributed by atoms with Crippen LogP contribution in [-0.2, 0) is 17.7 Å². The van der Waals surface area contributed by atoms with Crippen molar-refractivity contribution in [3.05, 3.63) is 41.1 Å². The van der Waals surface area contributed by atoms with Crippen LogP contribution in [0.3, 0.4) is 0 Å². The number of benzene rings is 1. The minimum Gasteiger partial charge on any atom is -0.507 e. The average molecular weight is 358 g/mol. The summed E-state index contributed by atoms with van der Waals surface area (Å²) in [6.07, 6.45) is 0.191. The van der Waals surface area contributed by atoms with Gasteiger partial charge in [0.25, 0.3) is 5.91 Å². The molecule has 1 aliphatic rings. The monoisotopic (exact) mass is 358 g/mol. The van der Waals surface area contributed by atoms with Crippen LogP contribution in [0, 0.1) is 0 Å². The fourth-order valence-electron chi connectivity index (χ4n) is 2.72. The van der Waals surface area contributed by atoms with Crippen molar-refractivity contribution >= 4 is 17.8 Å². The summed E-state index contributed by atoms with van der Waals surface area (Å²) in [5, 5.41) is 19.6. The first-order valence-electron chi connectivity index (χ1n) is 8.38. The van der Waals surface area contributed by atoms with Gasteiger partial charge >= 0.3 is 6.09 Å². The number of aromatic nitrogens is 2. The number of H-pyrrole nitrogens is 1. The predicted molar refractivity (Wildman–Crippen MR) is 95.0 cm³/mol. The summed E-state index contributed by atoms with van der Waals surface area (Å²) in [5.74, 6) is -0.224. The number of nitrogens with one attached hydrogen (secondary N) is 2. The molecule has 1 aromatic heterocycles. The minimum atomic E-state index is -0.574. The van der Waals surface area contributed by atoms with E-state index in [-0.39, 0.29) is 17.9 Å². The molecular weight excluding hydrogens is 336 g/mol. The van der Waals surface area contributed by atoms with Crippen LogP contribution in [0.2, 0.25) is 0 Å². The van der Waals surface area contributed by atoms with E-state index < -0.39 is 17.6 Å². The molecule has 0 spiro atoms. The molecule has 1 aliphatic heterocycles. The third kappa shape index (κ3) is 3.79. The molecule has 138 valence electrons. The van der Waals surface area contributed by atoms with Gasteiger partial charge in [0.1, 0.15) is 11.4 Å². The van der Waals surface area contributed by atoms with Gasteiger partial charge in [0.05, 0.1) is 12.1 Å². The Morgan fingerprint density at radius 3 is 2.73 bits per heavy atom. The zero-order valence-corrected chi connectivity index (χ0v) is 15.0. The van der Waals surface area contributed by atoms with E-state index in [9.17, 15) is 14.7 Å². The van der Waals surface area contributed by atoms with Crippen LogP contribution < -0.4 is 5.32 Å². The van der Waals surface area contributed by atoms with Crippen molar-refractivity contribution in [2.24, 2.45) is 0 Å². The molecule has 0 saturated carbocycles. The lowest BCUT2D eigenvalue weighted by molar-refractivity contribution is 0.0224. The second kappa shape index (κ2) is 6.70. The summed E-state index contributed by atoms with van der Waals surface area (Å²) < 4.78 is 5.41. The van der Waals surface area contributed by atoms with E-state index in [1.807, 2.05) is 20.8 Å². The number of para-hydroxylation sites is 1. The lowest BCUT2D eigenvalue weighted by Crippen LogP contribution is -2.40. The number of fused-ring (bicyclic) bond motifs is 1. The lowest BCUT2D eigenvalue weighted by atomic mass is 10.1. The van der Waals surface area contributed by atoms with Gasteiger partial charge in [-0.25, -0.2) is 4.79 Å². The first-order valence-corrected chi connectivity index (χ1v) is 8.38. The Hall–Kier alpha value is -3.03. The predicted octanol–water partition coefficient (Wildman–Crippen LogP) is 2.66. The number of hydrogen-bond acceptors (Lipinski definition) is 5. The molecule has 3 rings (SSSR count). The van der Waals surface area contributed by atoms with Gasteiger partial charge in [0.15, 0.2) is 5.82 Å². The van der Waals surface area contributed by atoms with Crippen LogP contribution in [0.15, 0.2) is 24.3 Å². The summed E-state index contributed by atoms with van der Waals surface area (Å²) in [4.78, 5) is 26.3. The Labute approximate surface area is 151 Å². The van der Waals surface area contributed by atoms with Gasteiger partial charge in [-0.3, -0.25) is 9.89 Å². The van der Waals surface area contributed by atoms with Gasteiger partial charge in [-0.1, -0.05) is 12.1 Å². The van der Waals surface area contributed by atoms with Gasteiger partial charge in [-0.15, -0.1) is 0 Å². The third-order valence-electron chi connectivity index (χ3n) is 3.97. The number of aromatic amines is 1. The molecule has 0 atom stereocenters. The van der Waals surface area contributed by atoms with E-state index >= 15 is 0 Å². The highest BCUT2D eigenvalue weighted by Crippen LogP contribution is 2.26. The van der Waals surface area contributed by atoms with Crippen LogP contribution in [-0.4, -0.2) is 44.4 Å². The number of hydrogen-bond donors (Lipinski definition) is 3. The zero-order chi connectivity index (χ0) is 18.9. The van der Waals surface area contributed by atoms with Crippen molar-refractivity contribution in [2.75, 3.05) is 11.9 Å². The Morgan fingerprint density at radius 1 is 1.31 bits per heavy atom. The topological polar surface area (TPSA) is 108 Å². The molecule has 2 heterocycles. The quantitative estimate of drug-likeness (QED) is 0.765. The number of aromatic hydroxyl groups is 1. The maximum absolute atomic E-state index is 12.4. The highest BCUT2D eigenvalue weighted by Gasteiger charge is 2.29. The van der Waals surface area contributed by atoms with Crippen LogP contribution in [0.4, 0.5) is 10.6 Å². The number of anilines is 1. The molecule has 2 aromatic rings. The van der Waals surface area contributed by atoms with E-state index in [2.05, 4.69) is 15.5 Å². The maximum atomic E-state index is 12.4. The Bertz CT molecular complexity index is 838. The standard InChI is InChI=1S/C18H22N4O4/c1-18(2,3)26-17(25)22-9-8-13-12(10-22)15(21-20-13)19-16(24)11-6-4-5-7-14(11)23/h4-7,23H,8-10H2,1-3H3,(H2,19,20,21,24). The molecule has 0 radical (unpaired) electrons. The molecule has 1 aromatic carbocycles. The lowest BCUT2D eigenvalue weighted by Gasteiger charge is -2.30. The maximum Gasteiger partial charge on any atom is 0.410 e. The van der Waals surface area contributed by atoms with Gasteiger partial charge in [-0.05, 0) is 32.9 Å². The van der Waals surface area contributed by atoms with Crippen molar-refractivity contribution in [3.63, 3.8) is 0 Å². The molecule has 0 bridgehead atoms. The molecule has 8 heteroatoms. The number of rotatable bonds is 2. The van der Waals surface area contributed by atoms with Crippen molar-refractivity contribution < 1.29 is 19.4 Å². The van der Waals surface area contributed by atoms with Crippen molar-refractivity contribution in [3.8, 4) is 5.75 Å². The van der Waals surface area contributed by atoms with E-state index in [1.165, 1.54) is 12.1 Å². The molecule has 3 N–H and O–H groups in total. The Kier molecular flexibility index (Phi) is 4.58. The SMILES string of the molecule is CC(C)(C)OC(=O)N1CCc2[nH]nc(NC(=O)c3ccccc3O)c2C1. The van der Waals surface area contributed by atoms with E-state index in [0.717, 1.165) is 11.3 Å². The number of phenols is 1. The third-order valence-corrected chi connectivity index (χ3v) is 3.97. The van der Waals surface area contributed by atoms with Gasteiger partial charge in [0.2, 0.25) is 0 Å². The highest BCUT2D eigenvalue weighted by atomic mass is 16.6. The smallest absolute Gasteiger partial charge is 0.410 e. The number of carbonyl (C=O) groups is 2. The molecule has 0 aliphatic carbocycles. The summed E-state index contributed by atoms with van der Waals surface area (Å²) in [5.41, 5.74) is 1.20. The van der Waals surface area contributed by atoms with Crippen molar-refractivity contribution in [2.45, 2.75) is 39.3 Å². The van der Waals surface area contributed by atoms with Gasteiger partial charge in [-0.2, -0.15) is 5.10 Å². The molecule has 0 saturated heterocycles. The fraction of sp³-hybridized carbons (Fsp3) is 0.389.